The highest BCUT2D eigenvalue weighted by Crippen LogP contribution is 2.41. The van der Waals surface area contributed by atoms with Crippen LogP contribution in [0.15, 0.2) is 30.3 Å². The van der Waals surface area contributed by atoms with Gasteiger partial charge in [0.2, 0.25) is 0 Å². The molecular weight excluding hydrogens is 431 g/mol. The van der Waals surface area contributed by atoms with Gasteiger partial charge in [0.25, 0.3) is 0 Å². The molecule has 0 aliphatic rings. The molecule has 1 N–H and O–H groups in total. The van der Waals surface area contributed by atoms with Gasteiger partial charge < -0.3 is 19.3 Å². The van der Waals surface area contributed by atoms with Gasteiger partial charge in [0.05, 0.1) is 5.56 Å². The van der Waals surface area contributed by atoms with Gasteiger partial charge in [-0.1, -0.05) is 0 Å². The second-order valence-electron chi connectivity index (χ2n) is 6.19. The van der Waals surface area contributed by atoms with E-state index in [2.05, 4.69) is 4.74 Å². The van der Waals surface area contributed by atoms with Crippen LogP contribution in [0.2, 0.25) is 0 Å². The van der Waals surface area contributed by atoms with Crippen LogP contribution in [0.5, 0.6) is 23.0 Å². The van der Waals surface area contributed by atoms with Gasteiger partial charge in [-0.3, -0.25) is 0 Å². The van der Waals surface area contributed by atoms with Crippen molar-refractivity contribution in [1.29, 1.82) is 0 Å². The number of halogens is 6. The number of aryl methyl sites for hydroxylation is 1. The summed E-state index contributed by atoms with van der Waals surface area (Å²) in [5.74, 6) is -4.14. The maximum Gasteiger partial charge on any atom is 0.573 e. The second-order valence-corrected chi connectivity index (χ2v) is 6.19. The van der Waals surface area contributed by atoms with E-state index in [9.17, 15) is 36.2 Å². The van der Waals surface area contributed by atoms with Crippen molar-refractivity contribution in [3.8, 4) is 23.0 Å². The number of aromatic carboxylic acids is 1. The Kier molecular flexibility index (Phi) is 6.53. The summed E-state index contributed by atoms with van der Waals surface area (Å²) in [6.07, 6.45) is -9.90. The lowest BCUT2D eigenvalue weighted by molar-refractivity contribution is -0.274. The van der Waals surface area contributed by atoms with E-state index in [4.69, 9.17) is 33.0 Å². The Morgan fingerprint density at radius 3 is 2.03 bits per heavy atom. The number of carboxylic acid groups (broad SMARTS) is 1. The third-order valence-corrected chi connectivity index (χ3v) is 3.48. The van der Waals surface area contributed by atoms with Gasteiger partial charge in [-0.05, 0) is 42.1 Å². The lowest BCUT2D eigenvalue weighted by Gasteiger charge is -2.26. The maximum absolute atomic E-state index is 13.0. The molecule has 0 saturated carbocycles. The second kappa shape index (κ2) is 8.31. The Labute approximate surface area is 175 Å². The average molecular weight is 440 g/mol. The molecule has 0 amide bonds. The molecule has 2 aromatic rings. The summed E-state index contributed by atoms with van der Waals surface area (Å²) in [5, 5.41) is 6.90. The van der Waals surface area contributed by atoms with Crippen molar-refractivity contribution in [3.63, 3.8) is 0 Å². The summed E-state index contributed by atoms with van der Waals surface area (Å²) >= 11 is 0. The molecule has 0 aliphatic heterocycles. The zero-order valence-electron chi connectivity index (χ0n) is 15.5. The summed E-state index contributed by atoms with van der Waals surface area (Å²) in [7, 11) is 15.8. The topological polar surface area (TPSA) is 65.0 Å². The van der Waals surface area contributed by atoms with Crippen LogP contribution >= 0.6 is 0 Å². The number of alkyl halides is 6. The summed E-state index contributed by atoms with van der Waals surface area (Å²) < 4.78 is 90.4. The Morgan fingerprint density at radius 1 is 0.935 bits per heavy atom. The van der Waals surface area contributed by atoms with E-state index in [-0.39, 0.29) is 5.56 Å². The van der Waals surface area contributed by atoms with E-state index < -0.39 is 57.9 Å². The van der Waals surface area contributed by atoms with Crippen molar-refractivity contribution in [2.24, 2.45) is 0 Å². The van der Waals surface area contributed by atoms with Gasteiger partial charge in [0, 0.05) is 6.07 Å². The number of carbonyl (C=O) groups is 1. The Balaban J connectivity index is 2.57. The number of hydrogen-bond acceptors (Lipinski definition) is 4. The summed E-state index contributed by atoms with van der Waals surface area (Å²) in [6, 6.07) is 3.25. The minimum atomic E-state index is -5.06. The normalized spacial score (nSPS) is 12.4. The van der Waals surface area contributed by atoms with Crippen molar-refractivity contribution < 1.29 is 50.5 Å². The van der Waals surface area contributed by atoms with Gasteiger partial charge in [0.1, 0.15) is 40.6 Å². The first-order valence-corrected chi connectivity index (χ1v) is 8.05. The zero-order chi connectivity index (χ0) is 23.8. The molecule has 6 radical (unpaired) electrons. The van der Waals surface area contributed by atoms with Gasteiger partial charge in [-0.2, -0.15) is 13.2 Å². The first kappa shape index (κ1) is 24.4. The molecule has 0 fully saturated rings. The molecule has 0 aromatic heterocycles. The van der Waals surface area contributed by atoms with E-state index in [1.165, 1.54) is 0 Å². The molecule has 5 nitrogen and oxygen atoms in total. The molecule has 0 bridgehead atoms. The Morgan fingerprint density at radius 2 is 1.55 bits per heavy atom. The predicted molar refractivity (Wildman–Crippen MR) is 97.0 cm³/mol. The summed E-state index contributed by atoms with van der Waals surface area (Å²) in [6.45, 7) is 1.14. The van der Waals surface area contributed by atoms with Gasteiger partial charge in [0.15, 0.2) is 11.5 Å². The van der Waals surface area contributed by atoms with Crippen LogP contribution in [0.25, 0.3) is 0 Å². The largest absolute Gasteiger partial charge is 0.573 e. The molecule has 0 atom stereocenters. The highest BCUT2D eigenvalue weighted by atomic mass is 19.4. The number of benzene rings is 2. The number of carboxylic acids is 1. The van der Waals surface area contributed by atoms with E-state index >= 15 is 0 Å². The first-order chi connectivity index (χ1) is 14.0. The summed E-state index contributed by atoms with van der Waals surface area (Å²) in [4.78, 5) is 11.5. The lowest BCUT2D eigenvalue weighted by Crippen LogP contribution is -2.37. The van der Waals surface area contributed by atoms with E-state index in [0.717, 1.165) is 19.1 Å². The van der Waals surface area contributed by atoms with Crippen molar-refractivity contribution in [2.45, 2.75) is 24.8 Å². The van der Waals surface area contributed by atoms with Crippen LogP contribution in [-0.4, -0.2) is 46.3 Å². The minimum Gasteiger partial charge on any atom is -0.512 e. The van der Waals surface area contributed by atoms with Crippen molar-refractivity contribution in [2.75, 3.05) is 0 Å². The predicted octanol–water partition coefficient (Wildman–Crippen LogP) is 3.90. The van der Waals surface area contributed by atoms with Crippen molar-refractivity contribution in [3.05, 3.63) is 47.0 Å². The van der Waals surface area contributed by atoms with E-state index in [1.54, 1.807) is 0 Å². The van der Waals surface area contributed by atoms with Crippen LogP contribution in [0.1, 0.15) is 21.5 Å². The number of rotatable bonds is 6. The lowest BCUT2D eigenvalue weighted by atomic mass is 9.52. The van der Waals surface area contributed by atoms with Gasteiger partial charge in [-0.25, -0.2) is 4.79 Å². The van der Waals surface area contributed by atoms with Crippen LogP contribution in [0.3, 0.4) is 0 Å². The zero-order valence-corrected chi connectivity index (χ0v) is 15.5. The monoisotopic (exact) mass is 440 g/mol. The fourth-order valence-corrected chi connectivity index (χ4v) is 2.38. The fraction of sp³-hybridized carbons (Fsp3) is 0.235. The fourth-order valence-electron chi connectivity index (χ4n) is 2.38. The molecule has 2 rings (SSSR count). The highest BCUT2D eigenvalue weighted by Gasteiger charge is 2.34. The Hall–Kier alpha value is -2.92. The minimum absolute atomic E-state index is 0.242. The molecule has 2 aromatic carbocycles. The first-order valence-electron chi connectivity index (χ1n) is 8.05. The van der Waals surface area contributed by atoms with E-state index in [0.29, 0.717) is 18.2 Å². The van der Waals surface area contributed by atoms with Crippen molar-refractivity contribution in [1.82, 2.24) is 0 Å². The van der Waals surface area contributed by atoms with Crippen LogP contribution in [0.4, 0.5) is 26.3 Å². The van der Waals surface area contributed by atoms with Crippen LogP contribution < -0.4 is 14.2 Å². The third kappa shape index (κ3) is 6.79. The maximum atomic E-state index is 13.0. The van der Waals surface area contributed by atoms with Crippen LogP contribution in [-0.2, 0) is 6.18 Å². The standard InChI is InChI=1S/C17H9B3F6O5/c1-7-4-8(15(21,22)23)5-10(14(27)28)13(7)29-11-3-2-9(30-17(24,25)26)6-12(11)31-16(18,19)20/h2-6H,1H3,(H,27,28). The molecule has 0 saturated heterocycles. The quantitative estimate of drug-likeness (QED) is 0.546. The van der Waals surface area contributed by atoms with Gasteiger partial charge in [-0.15, -0.1) is 13.2 Å². The molecule has 0 unspecified atom stereocenters. The number of ether oxygens (including phenoxy) is 3. The molecule has 0 spiro atoms. The molecule has 0 heterocycles. The molecule has 31 heavy (non-hydrogen) atoms. The smallest absolute Gasteiger partial charge is 0.512 e. The number of hydrogen-bond donors (Lipinski definition) is 1. The van der Waals surface area contributed by atoms with Crippen molar-refractivity contribution >= 4 is 29.5 Å². The van der Waals surface area contributed by atoms with E-state index in [1.807, 2.05) is 0 Å². The molecule has 158 valence electrons. The molecule has 14 heteroatoms. The SMILES string of the molecule is [B]C([B])([B])Oc1cc(OC(F)(F)F)ccc1Oc1c(C)cc(C(F)(F)F)cc1C(=O)O. The highest BCUT2D eigenvalue weighted by molar-refractivity contribution is 6.58. The average Bonchev–Trinajstić information content (AvgIpc) is 2.54. The molecular formula is C17H9B3F6O5. The third-order valence-electron chi connectivity index (χ3n) is 3.48. The summed E-state index contributed by atoms with van der Waals surface area (Å²) in [5.41, 5.74) is -2.35. The molecule has 0 aliphatic carbocycles. The van der Waals surface area contributed by atoms with Gasteiger partial charge >= 0.3 is 18.5 Å². The Bertz CT molecular complexity index is 986. The van der Waals surface area contributed by atoms with Crippen LogP contribution in [0, 0.1) is 6.92 Å².